The summed E-state index contributed by atoms with van der Waals surface area (Å²) in [6, 6.07) is 18.8. The van der Waals surface area contributed by atoms with E-state index >= 15 is 0 Å². The van der Waals surface area contributed by atoms with E-state index in [0.717, 1.165) is 11.5 Å². The van der Waals surface area contributed by atoms with Crippen LogP contribution in [0.5, 0.6) is 5.75 Å². The van der Waals surface area contributed by atoms with Crippen LogP contribution in [-0.4, -0.2) is 12.4 Å². The first-order valence-electron chi connectivity index (χ1n) is 7.62. The highest BCUT2D eigenvalue weighted by Crippen LogP contribution is 2.25. The Balaban J connectivity index is 1.71. The molecule has 0 spiro atoms. The Morgan fingerprint density at radius 1 is 0.909 bits per heavy atom. The van der Waals surface area contributed by atoms with Crippen LogP contribution in [0, 0.1) is 0 Å². The molecule has 0 saturated heterocycles. The van der Waals surface area contributed by atoms with Gasteiger partial charge in [0.2, 0.25) is 0 Å². The van der Waals surface area contributed by atoms with E-state index in [1.807, 2.05) is 42.1 Å². The average Bonchev–Trinajstić information content (AvgIpc) is 2.51. The van der Waals surface area contributed by atoms with Crippen molar-refractivity contribution in [2.24, 2.45) is 0 Å². The predicted octanol–water partition coefficient (Wildman–Crippen LogP) is 5.71. The van der Waals surface area contributed by atoms with E-state index < -0.39 is 0 Å². The summed E-state index contributed by atoms with van der Waals surface area (Å²) in [5.74, 6) is 1.88. The fourth-order valence-corrected chi connectivity index (χ4v) is 2.75. The molecule has 2 rings (SSSR count). The number of para-hydroxylation sites is 1. The summed E-state index contributed by atoms with van der Waals surface area (Å²) in [5, 5.41) is 0. The molecule has 0 bridgehead atoms. The summed E-state index contributed by atoms with van der Waals surface area (Å²) in [6.45, 7) is 7.34. The maximum Gasteiger partial charge on any atom is 0.119 e. The number of ether oxygens (including phenoxy) is 1. The molecule has 0 atom stereocenters. The first-order valence-corrected chi connectivity index (χ1v) is 8.60. The van der Waals surface area contributed by atoms with Gasteiger partial charge in [-0.3, -0.25) is 0 Å². The van der Waals surface area contributed by atoms with Crippen LogP contribution in [0.2, 0.25) is 0 Å². The highest BCUT2D eigenvalue weighted by molar-refractivity contribution is 7.99. The lowest BCUT2D eigenvalue weighted by molar-refractivity contribution is 0.363. The molecule has 0 N–H and O–H groups in total. The minimum atomic E-state index is 0.220. The monoisotopic (exact) mass is 312 g/mol. The molecular formula is C20H24OS. The summed E-state index contributed by atoms with van der Waals surface area (Å²) < 4.78 is 5.62. The van der Waals surface area contributed by atoms with Gasteiger partial charge in [-0.1, -0.05) is 63.3 Å². The molecule has 0 aliphatic carbocycles. The second-order valence-electron chi connectivity index (χ2n) is 6.18. The third-order valence-electron chi connectivity index (χ3n) is 3.32. The SMILES string of the molecule is CC(C)(C)c1ccc(SCC=CCOc2ccccc2)cc1. The quantitative estimate of drug-likeness (QED) is 0.499. The number of benzene rings is 2. The summed E-state index contributed by atoms with van der Waals surface area (Å²) in [5.41, 5.74) is 1.60. The van der Waals surface area contributed by atoms with Crippen LogP contribution in [-0.2, 0) is 5.41 Å². The van der Waals surface area contributed by atoms with E-state index in [-0.39, 0.29) is 5.41 Å². The van der Waals surface area contributed by atoms with E-state index in [1.165, 1.54) is 10.5 Å². The molecule has 22 heavy (non-hydrogen) atoms. The van der Waals surface area contributed by atoms with Crippen LogP contribution in [0.15, 0.2) is 71.6 Å². The molecule has 0 aliphatic rings. The molecule has 0 heterocycles. The van der Waals surface area contributed by atoms with Crippen molar-refractivity contribution < 1.29 is 4.74 Å². The molecule has 2 heteroatoms. The zero-order valence-corrected chi connectivity index (χ0v) is 14.4. The molecule has 0 aromatic heterocycles. The van der Waals surface area contributed by atoms with Gasteiger partial charge >= 0.3 is 0 Å². The molecule has 0 saturated carbocycles. The number of hydrogen-bond donors (Lipinski definition) is 0. The Morgan fingerprint density at radius 2 is 1.59 bits per heavy atom. The molecule has 1 nitrogen and oxygen atoms in total. The summed E-state index contributed by atoms with van der Waals surface area (Å²) in [7, 11) is 0. The van der Waals surface area contributed by atoms with Gasteiger partial charge in [0.25, 0.3) is 0 Å². The van der Waals surface area contributed by atoms with Crippen molar-refractivity contribution in [3.8, 4) is 5.75 Å². The van der Waals surface area contributed by atoms with E-state index in [1.54, 1.807) is 0 Å². The van der Waals surface area contributed by atoms with Crippen LogP contribution in [0.4, 0.5) is 0 Å². The largest absolute Gasteiger partial charge is 0.490 e. The Hall–Kier alpha value is -1.67. The molecule has 0 radical (unpaired) electrons. The number of rotatable bonds is 6. The van der Waals surface area contributed by atoms with Crippen LogP contribution in [0.3, 0.4) is 0 Å². The molecule has 0 unspecified atom stereocenters. The second-order valence-corrected chi connectivity index (χ2v) is 7.27. The molecule has 0 fully saturated rings. The van der Waals surface area contributed by atoms with Crippen molar-refractivity contribution in [2.75, 3.05) is 12.4 Å². The Bertz CT molecular complexity index is 579. The van der Waals surface area contributed by atoms with Gasteiger partial charge in [-0.25, -0.2) is 0 Å². The van der Waals surface area contributed by atoms with E-state index in [4.69, 9.17) is 4.74 Å². The van der Waals surface area contributed by atoms with Gasteiger partial charge in [-0.2, -0.15) is 0 Å². The van der Waals surface area contributed by atoms with Gasteiger partial charge in [0, 0.05) is 10.6 Å². The zero-order chi connectivity index (χ0) is 15.8. The zero-order valence-electron chi connectivity index (χ0n) is 13.6. The minimum Gasteiger partial charge on any atom is -0.490 e. The van der Waals surface area contributed by atoms with Gasteiger partial charge in [0.05, 0.1) is 0 Å². The van der Waals surface area contributed by atoms with Crippen molar-refractivity contribution >= 4 is 11.8 Å². The van der Waals surface area contributed by atoms with Crippen LogP contribution < -0.4 is 4.74 Å². The number of hydrogen-bond acceptors (Lipinski definition) is 2. The summed E-state index contributed by atoms with van der Waals surface area (Å²) in [4.78, 5) is 1.31. The highest BCUT2D eigenvalue weighted by Gasteiger charge is 2.12. The van der Waals surface area contributed by atoms with E-state index in [0.29, 0.717) is 6.61 Å². The average molecular weight is 312 g/mol. The van der Waals surface area contributed by atoms with Crippen LogP contribution in [0.25, 0.3) is 0 Å². The van der Waals surface area contributed by atoms with Gasteiger partial charge in [0.15, 0.2) is 0 Å². The lowest BCUT2D eigenvalue weighted by Crippen LogP contribution is -2.10. The third kappa shape index (κ3) is 5.61. The van der Waals surface area contributed by atoms with Gasteiger partial charge in [-0.05, 0) is 35.2 Å². The predicted molar refractivity (Wildman–Crippen MR) is 96.9 cm³/mol. The van der Waals surface area contributed by atoms with Crippen LogP contribution in [0.1, 0.15) is 26.3 Å². The Kier molecular flexibility index (Phi) is 6.14. The highest BCUT2D eigenvalue weighted by atomic mass is 32.2. The summed E-state index contributed by atoms with van der Waals surface area (Å²) in [6.07, 6.45) is 4.23. The lowest BCUT2D eigenvalue weighted by atomic mass is 9.87. The fraction of sp³-hybridized carbons (Fsp3) is 0.300. The fourth-order valence-electron chi connectivity index (χ4n) is 1.99. The second kappa shape index (κ2) is 8.09. The molecule has 2 aromatic carbocycles. The van der Waals surface area contributed by atoms with Crippen molar-refractivity contribution in [1.29, 1.82) is 0 Å². The Morgan fingerprint density at radius 3 is 2.23 bits per heavy atom. The van der Waals surface area contributed by atoms with Crippen molar-refractivity contribution in [1.82, 2.24) is 0 Å². The molecule has 116 valence electrons. The van der Waals surface area contributed by atoms with Gasteiger partial charge < -0.3 is 4.74 Å². The minimum absolute atomic E-state index is 0.220. The summed E-state index contributed by atoms with van der Waals surface area (Å²) >= 11 is 1.84. The topological polar surface area (TPSA) is 9.23 Å². The van der Waals surface area contributed by atoms with Crippen molar-refractivity contribution in [3.63, 3.8) is 0 Å². The lowest BCUT2D eigenvalue weighted by Gasteiger charge is -2.18. The van der Waals surface area contributed by atoms with E-state index in [2.05, 4.69) is 57.2 Å². The standard InChI is InChI=1S/C20H24OS/c1-20(2,3)17-11-13-19(14-12-17)22-16-8-7-15-21-18-9-5-4-6-10-18/h4-14H,15-16H2,1-3H3. The maximum atomic E-state index is 5.62. The van der Waals surface area contributed by atoms with Crippen molar-refractivity contribution in [2.45, 2.75) is 31.1 Å². The normalized spacial score (nSPS) is 11.8. The Labute approximate surface area is 138 Å². The first-order chi connectivity index (χ1) is 10.6. The van der Waals surface area contributed by atoms with E-state index in [9.17, 15) is 0 Å². The van der Waals surface area contributed by atoms with Crippen LogP contribution >= 0.6 is 11.8 Å². The molecule has 0 aliphatic heterocycles. The third-order valence-corrected chi connectivity index (χ3v) is 4.29. The maximum absolute atomic E-state index is 5.62. The van der Waals surface area contributed by atoms with Gasteiger partial charge in [0.1, 0.15) is 12.4 Å². The molecule has 0 amide bonds. The van der Waals surface area contributed by atoms with Crippen molar-refractivity contribution in [3.05, 3.63) is 72.3 Å². The number of thioether (sulfide) groups is 1. The first kappa shape index (κ1) is 16.7. The smallest absolute Gasteiger partial charge is 0.119 e. The van der Waals surface area contributed by atoms with Gasteiger partial charge in [-0.15, -0.1) is 11.8 Å². The molecular weight excluding hydrogens is 288 g/mol. The molecule has 2 aromatic rings.